The minimum Gasteiger partial charge on any atom is -0.469 e. The van der Waals surface area contributed by atoms with Crippen molar-refractivity contribution in [2.45, 2.75) is 51.8 Å². The van der Waals surface area contributed by atoms with Crippen LogP contribution < -0.4 is 5.73 Å². The van der Waals surface area contributed by atoms with E-state index < -0.39 is 17.7 Å². The van der Waals surface area contributed by atoms with E-state index >= 15 is 0 Å². The summed E-state index contributed by atoms with van der Waals surface area (Å²) in [6.45, 7) is 7.72. The van der Waals surface area contributed by atoms with Crippen LogP contribution in [-0.2, 0) is 14.3 Å². The lowest BCUT2D eigenvalue weighted by atomic mass is 9.87. The quantitative estimate of drug-likeness (QED) is 0.724. The standard InChI is InChI=1S/C13H24N2O4/c1-8-10(14)9(11(16)18-5)6-7-15(8)12(17)19-13(2,3)4/h8-10H,6-7,14H2,1-5H3. The van der Waals surface area contributed by atoms with Crippen LogP contribution in [0, 0.1) is 5.92 Å². The highest BCUT2D eigenvalue weighted by molar-refractivity contribution is 5.75. The molecule has 0 spiro atoms. The molecule has 0 aliphatic carbocycles. The van der Waals surface area contributed by atoms with Crippen LogP contribution in [0.2, 0.25) is 0 Å². The Hall–Kier alpha value is -1.30. The van der Waals surface area contributed by atoms with Crippen LogP contribution in [0.15, 0.2) is 0 Å². The van der Waals surface area contributed by atoms with Crippen molar-refractivity contribution in [3.8, 4) is 0 Å². The van der Waals surface area contributed by atoms with Crippen molar-refractivity contribution in [3.63, 3.8) is 0 Å². The Kier molecular flexibility index (Phi) is 4.79. The van der Waals surface area contributed by atoms with Gasteiger partial charge in [0.2, 0.25) is 0 Å². The molecule has 19 heavy (non-hydrogen) atoms. The lowest BCUT2D eigenvalue weighted by molar-refractivity contribution is -0.148. The van der Waals surface area contributed by atoms with E-state index in [1.807, 2.05) is 27.7 Å². The first-order valence-corrected chi connectivity index (χ1v) is 6.50. The molecule has 3 unspecified atom stereocenters. The monoisotopic (exact) mass is 272 g/mol. The maximum absolute atomic E-state index is 12.0. The van der Waals surface area contributed by atoms with Crippen molar-refractivity contribution in [2.24, 2.45) is 11.7 Å². The van der Waals surface area contributed by atoms with Gasteiger partial charge in [-0.05, 0) is 34.1 Å². The average molecular weight is 272 g/mol. The normalized spacial score (nSPS) is 27.9. The molecule has 3 atom stereocenters. The highest BCUT2D eigenvalue weighted by atomic mass is 16.6. The number of carbonyl (C=O) groups is 2. The first-order valence-electron chi connectivity index (χ1n) is 6.50. The number of amides is 1. The summed E-state index contributed by atoms with van der Waals surface area (Å²) in [6, 6.07) is -0.693. The molecule has 1 rings (SSSR count). The highest BCUT2D eigenvalue weighted by Gasteiger charge is 2.40. The molecule has 0 aromatic heterocycles. The van der Waals surface area contributed by atoms with Crippen LogP contribution in [0.25, 0.3) is 0 Å². The van der Waals surface area contributed by atoms with E-state index in [1.165, 1.54) is 7.11 Å². The van der Waals surface area contributed by atoms with Gasteiger partial charge in [-0.25, -0.2) is 4.79 Å². The van der Waals surface area contributed by atoms with Gasteiger partial charge in [-0.1, -0.05) is 0 Å². The number of hydrogen-bond acceptors (Lipinski definition) is 5. The van der Waals surface area contributed by atoms with E-state index in [0.29, 0.717) is 13.0 Å². The Morgan fingerprint density at radius 3 is 2.37 bits per heavy atom. The minimum absolute atomic E-state index is 0.257. The van der Waals surface area contributed by atoms with Crippen molar-refractivity contribution in [1.82, 2.24) is 4.90 Å². The summed E-state index contributed by atoms with van der Waals surface area (Å²) >= 11 is 0. The highest BCUT2D eigenvalue weighted by Crippen LogP contribution is 2.24. The Bertz CT molecular complexity index is 351. The summed E-state index contributed by atoms with van der Waals surface area (Å²) in [5, 5.41) is 0. The number of nitrogens with two attached hydrogens (primary N) is 1. The Morgan fingerprint density at radius 1 is 1.32 bits per heavy atom. The second-order valence-electron chi connectivity index (χ2n) is 5.91. The predicted molar refractivity (Wildman–Crippen MR) is 70.5 cm³/mol. The molecule has 1 heterocycles. The van der Waals surface area contributed by atoms with E-state index in [4.69, 9.17) is 15.2 Å². The van der Waals surface area contributed by atoms with Gasteiger partial charge < -0.3 is 20.1 Å². The molecule has 0 aromatic rings. The molecular weight excluding hydrogens is 248 g/mol. The van der Waals surface area contributed by atoms with Crippen molar-refractivity contribution in [3.05, 3.63) is 0 Å². The van der Waals surface area contributed by atoms with Crippen LogP contribution in [0.3, 0.4) is 0 Å². The number of hydrogen-bond donors (Lipinski definition) is 1. The Morgan fingerprint density at radius 2 is 1.89 bits per heavy atom. The first-order chi connectivity index (χ1) is 8.67. The smallest absolute Gasteiger partial charge is 0.410 e. The topological polar surface area (TPSA) is 81.9 Å². The Labute approximate surface area is 114 Å². The van der Waals surface area contributed by atoms with E-state index in [0.717, 1.165) is 0 Å². The van der Waals surface area contributed by atoms with Crippen LogP contribution in [0.4, 0.5) is 4.79 Å². The zero-order valence-corrected chi connectivity index (χ0v) is 12.3. The number of carbonyl (C=O) groups excluding carboxylic acids is 2. The van der Waals surface area contributed by atoms with Gasteiger partial charge in [-0.3, -0.25) is 4.79 Å². The molecule has 2 N–H and O–H groups in total. The van der Waals surface area contributed by atoms with Gasteiger partial charge in [-0.15, -0.1) is 0 Å². The van der Waals surface area contributed by atoms with Crippen LogP contribution >= 0.6 is 0 Å². The van der Waals surface area contributed by atoms with E-state index in [2.05, 4.69) is 0 Å². The molecule has 1 amide bonds. The molecular formula is C13H24N2O4. The van der Waals surface area contributed by atoms with Crippen LogP contribution in [0.5, 0.6) is 0 Å². The van der Waals surface area contributed by atoms with Crippen molar-refractivity contribution >= 4 is 12.1 Å². The third kappa shape index (κ3) is 3.83. The number of nitrogens with zero attached hydrogens (tertiary/aromatic N) is 1. The van der Waals surface area contributed by atoms with Crippen molar-refractivity contribution < 1.29 is 19.1 Å². The average Bonchev–Trinajstić information content (AvgIpc) is 2.29. The number of ether oxygens (including phenoxy) is 2. The van der Waals surface area contributed by atoms with Crippen LogP contribution in [-0.4, -0.2) is 48.3 Å². The van der Waals surface area contributed by atoms with E-state index in [-0.39, 0.29) is 17.9 Å². The fourth-order valence-corrected chi connectivity index (χ4v) is 2.22. The molecule has 1 fully saturated rings. The zero-order valence-electron chi connectivity index (χ0n) is 12.3. The second kappa shape index (κ2) is 5.77. The summed E-state index contributed by atoms with van der Waals surface area (Å²) in [7, 11) is 1.35. The molecule has 110 valence electrons. The number of methoxy groups -OCH3 is 1. The van der Waals surface area contributed by atoms with E-state index in [1.54, 1.807) is 4.90 Å². The van der Waals surface area contributed by atoms with E-state index in [9.17, 15) is 9.59 Å². The molecule has 0 saturated carbocycles. The third-order valence-corrected chi connectivity index (χ3v) is 3.33. The largest absolute Gasteiger partial charge is 0.469 e. The Balaban J connectivity index is 2.71. The van der Waals surface area contributed by atoms with Gasteiger partial charge in [0.1, 0.15) is 5.60 Å². The van der Waals surface area contributed by atoms with Crippen LogP contribution in [0.1, 0.15) is 34.1 Å². The van der Waals surface area contributed by atoms with Gasteiger partial charge in [0, 0.05) is 18.6 Å². The number of piperidine rings is 1. The fraction of sp³-hybridized carbons (Fsp3) is 0.846. The lowest BCUT2D eigenvalue weighted by Crippen LogP contribution is -2.59. The predicted octanol–water partition coefficient (Wildman–Crippen LogP) is 1.13. The summed E-state index contributed by atoms with van der Waals surface area (Å²) in [5.41, 5.74) is 5.50. The molecule has 1 saturated heterocycles. The number of likely N-dealkylation sites (tertiary alicyclic amines) is 1. The van der Waals surface area contributed by atoms with Gasteiger partial charge in [0.25, 0.3) is 0 Å². The maximum Gasteiger partial charge on any atom is 0.410 e. The van der Waals surface area contributed by atoms with Gasteiger partial charge in [0.15, 0.2) is 0 Å². The minimum atomic E-state index is -0.542. The molecule has 1 aliphatic rings. The summed E-state index contributed by atoms with van der Waals surface area (Å²) in [5.74, 6) is -0.679. The number of rotatable bonds is 1. The molecule has 6 nitrogen and oxygen atoms in total. The molecule has 0 bridgehead atoms. The summed E-state index contributed by atoms with van der Waals surface area (Å²) in [6.07, 6.45) is 0.107. The first kappa shape index (κ1) is 15.8. The molecule has 6 heteroatoms. The maximum atomic E-state index is 12.0. The molecule has 1 aliphatic heterocycles. The number of esters is 1. The molecule has 0 radical (unpaired) electrons. The van der Waals surface area contributed by atoms with Gasteiger partial charge in [0.05, 0.1) is 13.0 Å². The van der Waals surface area contributed by atoms with Crippen molar-refractivity contribution in [2.75, 3.05) is 13.7 Å². The van der Waals surface area contributed by atoms with Gasteiger partial charge in [-0.2, -0.15) is 0 Å². The zero-order chi connectivity index (χ0) is 14.8. The van der Waals surface area contributed by atoms with Gasteiger partial charge >= 0.3 is 12.1 Å². The summed E-state index contributed by atoms with van der Waals surface area (Å²) < 4.78 is 10.1. The third-order valence-electron chi connectivity index (χ3n) is 3.33. The summed E-state index contributed by atoms with van der Waals surface area (Å²) in [4.78, 5) is 25.2. The van der Waals surface area contributed by atoms with Crippen molar-refractivity contribution in [1.29, 1.82) is 0 Å². The lowest BCUT2D eigenvalue weighted by Gasteiger charge is -2.41. The molecule has 0 aromatic carbocycles. The fourth-order valence-electron chi connectivity index (χ4n) is 2.22. The SMILES string of the molecule is COC(=O)C1CCN(C(=O)OC(C)(C)C)C(C)C1N. The second-order valence-corrected chi connectivity index (χ2v) is 5.91.